The fourth-order valence-electron chi connectivity index (χ4n) is 5.19. The summed E-state index contributed by atoms with van der Waals surface area (Å²) in [6, 6.07) is 10.6. The minimum atomic E-state index is -3.71. The van der Waals surface area contributed by atoms with Crippen LogP contribution >= 0.6 is 11.9 Å². The Kier molecular flexibility index (Phi) is 8.92. The maximum Gasteiger partial charge on any atom is 0.243 e. The molecule has 0 N–H and O–H groups in total. The summed E-state index contributed by atoms with van der Waals surface area (Å²) in [5.74, 6) is 2.63. The van der Waals surface area contributed by atoms with E-state index < -0.39 is 10.0 Å². The van der Waals surface area contributed by atoms with Crippen molar-refractivity contribution >= 4 is 22.0 Å². The van der Waals surface area contributed by atoms with Gasteiger partial charge in [0.1, 0.15) is 0 Å². The zero-order chi connectivity index (χ0) is 25.7. The quantitative estimate of drug-likeness (QED) is 0.428. The van der Waals surface area contributed by atoms with Crippen molar-refractivity contribution in [3.8, 4) is 23.0 Å². The number of benzene rings is 2. The molecule has 1 saturated carbocycles. The molecule has 1 aliphatic carbocycles. The molecular weight excluding hydrogens is 500 g/mol. The molecule has 2 aliphatic rings. The molecule has 1 aliphatic heterocycles. The van der Waals surface area contributed by atoms with Crippen LogP contribution in [-0.4, -0.2) is 71.1 Å². The third-order valence-corrected chi connectivity index (χ3v) is 10.1. The predicted octanol–water partition coefficient (Wildman–Crippen LogP) is 4.68. The molecule has 0 spiro atoms. The molecule has 1 heterocycles. The van der Waals surface area contributed by atoms with Gasteiger partial charge in [-0.2, -0.15) is 4.31 Å². The molecule has 1 atom stereocenters. The van der Waals surface area contributed by atoms with E-state index in [2.05, 4.69) is 4.31 Å². The Morgan fingerprint density at radius 1 is 0.778 bits per heavy atom. The van der Waals surface area contributed by atoms with Gasteiger partial charge in [0, 0.05) is 36.6 Å². The molecule has 0 radical (unpaired) electrons. The second kappa shape index (κ2) is 11.9. The van der Waals surface area contributed by atoms with Gasteiger partial charge in [-0.05, 0) is 61.0 Å². The Labute approximate surface area is 219 Å². The molecule has 8 nitrogen and oxygen atoms in total. The number of nitrogens with zero attached hydrogens (tertiary/aromatic N) is 2. The van der Waals surface area contributed by atoms with Crippen LogP contribution < -0.4 is 18.9 Å². The van der Waals surface area contributed by atoms with Crippen molar-refractivity contribution in [3.05, 3.63) is 36.4 Å². The Morgan fingerprint density at radius 3 is 2.03 bits per heavy atom. The average Bonchev–Trinajstić information content (AvgIpc) is 2.92. The Hall–Kier alpha value is -2.14. The molecular formula is C26H36N2O6S2. The number of rotatable bonds is 9. The van der Waals surface area contributed by atoms with E-state index >= 15 is 0 Å². The van der Waals surface area contributed by atoms with Crippen LogP contribution in [0.25, 0.3) is 0 Å². The van der Waals surface area contributed by atoms with Crippen LogP contribution in [0.15, 0.2) is 46.2 Å². The predicted molar refractivity (Wildman–Crippen MR) is 141 cm³/mol. The molecule has 1 unspecified atom stereocenters. The average molecular weight is 537 g/mol. The van der Waals surface area contributed by atoms with E-state index in [-0.39, 0.29) is 10.9 Å². The topological polar surface area (TPSA) is 77.5 Å². The zero-order valence-corrected chi connectivity index (χ0v) is 23.1. The summed E-state index contributed by atoms with van der Waals surface area (Å²) in [7, 11) is 2.60. The summed E-state index contributed by atoms with van der Waals surface area (Å²) in [4.78, 5) is 1.27. The van der Waals surface area contributed by atoms with Crippen LogP contribution in [0, 0.1) is 5.92 Å². The number of sulfonamides is 1. The number of hydrogen-bond acceptors (Lipinski definition) is 8. The first-order valence-corrected chi connectivity index (χ1v) is 14.5. The van der Waals surface area contributed by atoms with Crippen molar-refractivity contribution in [3.63, 3.8) is 0 Å². The van der Waals surface area contributed by atoms with Crippen LogP contribution in [0.1, 0.15) is 32.1 Å². The van der Waals surface area contributed by atoms with E-state index in [1.165, 1.54) is 13.5 Å². The third-order valence-electron chi connectivity index (χ3n) is 7.08. The molecule has 36 heavy (non-hydrogen) atoms. The van der Waals surface area contributed by atoms with E-state index in [9.17, 15) is 8.42 Å². The van der Waals surface area contributed by atoms with Crippen molar-refractivity contribution < 1.29 is 27.4 Å². The second-order valence-corrected chi connectivity index (χ2v) is 12.2. The molecule has 4 rings (SSSR count). The normalized spacial score (nSPS) is 20.2. The third kappa shape index (κ3) is 5.72. The second-order valence-electron chi connectivity index (χ2n) is 9.09. The maximum atomic E-state index is 13.9. The van der Waals surface area contributed by atoms with Gasteiger partial charge in [0.15, 0.2) is 23.0 Å². The highest BCUT2D eigenvalue weighted by Gasteiger charge is 2.41. The number of hydrogen-bond donors (Lipinski definition) is 0. The molecule has 1 saturated heterocycles. The highest BCUT2D eigenvalue weighted by atomic mass is 32.2. The molecule has 2 fully saturated rings. The van der Waals surface area contributed by atoms with Crippen molar-refractivity contribution in [2.75, 3.05) is 48.1 Å². The highest BCUT2D eigenvalue weighted by Crippen LogP contribution is 2.39. The molecule has 0 amide bonds. The van der Waals surface area contributed by atoms with Crippen LogP contribution in [0.3, 0.4) is 0 Å². The van der Waals surface area contributed by atoms with Crippen LogP contribution in [0.2, 0.25) is 0 Å². The number of piperazine rings is 1. The Bertz CT molecular complexity index is 1140. The van der Waals surface area contributed by atoms with Gasteiger partial charge in [-0.1, -0.05) is 19.3 Å². The van der Waals surface area contributed by atoms with Gasteiger partial charge >= 0.3 is 0 Å². The largest absolute Gasteiger partial charge is 0.493 e. The maximum absolute atomic E-state index is 13.9. The lowest BCUT2D eigenvalue weighted by Gasteiger charge is -2.44. The van der Waals surface area contributed by atoms with Gasteiger partial charge in [0.05, 0.1) is 33.3 Å². The molecule has 10 heteroatoms. The molecule has 2 aromatic rings. The van der Waals surface area contributed by atoms with Gasteiger partial charge in [0.2, 0.25) is 10.0 Å². The van der Waals surface area contributed by atoms with Gasteiger partial charge in [-0.15, -0.1) is 0 Å². The van der Waals surface area contributed by atoms with E-state index in [1.807, 2.05) is 18.2 Å². The minimum Gasteiger partial charge on any atom is -0.493 e. The summed E-state index contributed by atoms with van der Waals surface area (Å²) in [6.07, 6.45) is 5.62. The lowest BCUT2D eigenvalue weighted by molar-refractivity contribution is 0.131. The summed E-state index contributed by atoms with van der Waals surface area (Å²) >= 11 is 1.64. The fraction of sp³-hybridized carbons (Fsp3) is 0.538. The summed E-state index contributed by atoms with van der Waals surface area (Å²) in [5.41, 5.74) is 0. The van der Waals surface area contributed by atoms with Crippen molar-refractivity contribution in [1.82, 2.24) is 8.61 Å². The van der Waals surface area contributed by atoms with E-state index in [0.717, 1.165) is 30.6 Å². The first-order chi connectivity index (χ1) is 17.4. The first-order valence-electron chi connectivity index (χ1n) is 12.3. The number of ether oxygens (including phenoxy) is 4. The smallest absolute Gasteiger partial charge is 0.243 e. The lowest BCUT2D eigenvalue weighted by Crippen LogP contribution is -2.56. The monoisotopic (exact) mass is 536 g/mol. The summed E-state index contributed by atoms with van der Waals surface area (Å²) < 4.78 is 53.3. The molecule has 0 bridgehead atoms. The summed E-state index contributed by atoms with van der Waals surface area (Å²) in [5, 5.41) is 0. The van der Waals surface area contributed by atoms with Crippen LogP contribution in [0.5, 0.6) is 23.0 Å². The van der Waals surface area contributed by atoms with Crippen molar-refractivity contribution in [2.24, 2.45) is 5.92 Å². The fourth-order valence-corrected chi connectivity index (χ4v) is 7.86. The van der Waals surface area contributed by atoms with Gasteiger partial charge < -0.3 is 18.9 Å². The van der Waals surface area contributed by atoms with Gasteiger partial charge in [-0.25, -0.2) is 12.7 Å². The standard InChI is InChI=1S/C26H36N2O6S2/c1-31-23-12-10-20(16-25(23)33-3)35-27-14-15-28(22(18-27)19-8-6-5-7-9-19)36(29,30)21-11-13-24(32-2)26(17-21)34-4/h10-13,16-17,19,22H,5-9,14-15,18H2,1-4H3. The van der Waals surface area contributed by atoms with Crippen LogP contribution in [0.4, 0.5) is 0 Å². The van der Waals surface area contributed by atoms with Crippen molar-refractivity contribution in [1.29, 1.82) is 0 Å². The SMILES string of the molecule is COc1ccc(SN2CCN(S(=O)(=O)c3ccc(OC)c(OC)c3)C(C3CCCCC3)C2)cc1OC. The van der Waals surface area contributed by atoms with Crippen molar-refractivity contribution in [2.45, 2.75) is 47.9 Å². The Morgan fingerprint density at radius 2 is 1.39 bits per heavy atom. The van der Waals surface area contributed by atoms with E-state index in [1.54, 1.807) is 55.8 Å². The lowest BCUT2D eigenvalue weighted by atomic mass is 9.83. The Balaban J connectivity index is 1.59. The molecule has 198 valence electrons. The highest BCUT2D eigenvalue weighted by molar-refractivity contribution is 7.97. The zero-order valence-electron chi connectivity index (χ0n) is 21.4. The van der Waals surface area contributed by atoms with Gasteiger partial charge in [-0.3, -0.25) is 0 Å². The van der Waals surface area contributed by atoms with Crippen LogP contribution in [-0.2, 0) is 10.0 Å². The molecule has 2 aromatic carbocycles. The van der Waals surface area contributed by atoms with E-state index in [4.69, 9.17) is 18.9 Å². The summed E-state index contributed by atoms with van der Waals surface area (Å²) in [6.45, 7) is 1.71. The van der Waals surface area contributed by atoms with E-state index in [0.29, 0.717) is 48.6 Å². The first kappa shape index (κ1) is 26.9. The molecule has 0 aromatic heterocycles. The van der Waals surface area contributed by atoms with Gasteiger partial charge in [0.25, 0.3) is 0 Å². The minimum absolute atomic E-state index is 0.0928. The number of methoxy groups -OCH3 is 4.